The minimum Gasteiger partial charge on any atom is -0.389 e. The molecule has 0 fully saturated rings. The Labute approximate surface area is 171 Å². The molecule has 1 amide bonds. The van der Waals surface area contributed by atoms with E-state index in [2.05, 4.69) is 10.6 Å². The molecule has 2 rings (SSSR count). The second kappa shape index (κ2) is 9.87. The van der Waals surface area contributed by atoms with Crippen molar-refractivity contribution < 1.29 is 13.2 Å². The first-order chi connectivity index (χ1) is 13.8. The molecule has 0 bridgehead atoms. The number of rotatable bonds is 8. The van der Waals surface area contributed by atoms with E-state index < -0.39 is 15.9 Å². The van der Waals surface area contributed by atoms with E-state index in [1.807, 2.05) is 38.1 Å². The van der Waals surface area contributed by atoms with Crippen molar-refractivity contribution >= 4 is 21.6 Å². The Hall–Kier alpha value is -3.15. The zero-order chi connectivity index (χ0) is 21.4. The summed E-state index contributed by atoms with van der Waals surface area (Å²) >= 11 is 0. The van der Waals surface area contributed by atoms with Crippen molar-refractivity contribution in [1.29, 1.82) is 5.26 Å². The summed E-state index contributed by atoms with van der Waals surface area (Å²) in [5, 5.41) is 20.1. The van der Waals surface area contributed by atoms with E-state index in [0.29, 0.717) is 13.0 Å². The number of anilines is 1. The van der Waals surface area contributed by atoms with Gasteiger partial charge in [-0.1, -0.05) is 37.3 Å². The zero-order valence-electron chi connectivity index (χ0n) is 16.4. The summed E-state index contributed by atoms with van der Waals surface area (Å²) in [7, 11) is -3.71. The molecular weight excluding hydrogens is 388 g/mol. The van der Waals surface area contributed by atoms with Crippen LogP contribution >= 0.6 is 0 Å². The van der Waals surface area contributed by atoms with Gasteiger partial charge in [0.05, 0.1) is 4.90 Å². The number of para-hydroxylation sites is 1. The summed E-state index contributed by atoms with van der Waals surface area (Å²) in [5.74, 6) is -0.471. The lowest BCUT2D eigenvalue weighted by molar-refractivity contribution is -0.112. The van der Waals surface area contributed by atoms with Crippen LogP contribution in [-0.4, -0.2) is 20.9 Å². The van der Waals surface area contributed by atoms with Crippen molar-refractivity contribution in [3.8, 4) is 6.07 Å². The number of amides is 1. The quantitative estimate of drug-likeness (QED) is 0.349. The van der Waals surface area contributed by atoms with Crippen LogP contribution in [0.2, 0.25) is 0 Å². The fraction of sp³-hybridized carbons (Fsp3) is 0.238. The predicted molar refractivity (Wildman–Crippen MR) is 112 cm³/mol. The van der Waals surface area contributed by atoms with Crippen molar-refractivity contribution in [2.45, 2.75) is 31.6 Å². The molecule has 0 aliphatic rings. The molecule has 0 spiro atoms. The summed E-state index contributed by atoms with van der Waals surface area (Å²) in [6.07, 6.45) is 2.74. The van der Waals surface area contributed by atoms with Crippen LogP contribution in [0.1, 0.15) is 23.6 Å². The van der Waals surface area contributed by atoms with Crippen LogP contribution in [0, 0.1) is 18.3 Å². The molecule has 0 aliphatic heterocycles. The van der Waals surface area contributed by atoms with Gasteiger partial charge in [0.15, 0.2) is 0 Å². The number of hydrogen-bond donors (Lipinski definition) is 3. The Morgan fingerprint density at radius 2 is 1.90 bits per heavy atom. The molecule has 29 heavy (non-hydrogen) atoms. The van der Waals surface area contributed by atoms with Crippen LogP contribution in [0.5, 0.6) is 0 Å². The van der Waals surface area contributed by atoms with Crippen LogP contribution in [-0.2, 0) is 27.7 Å². The van der Waals surface area contributed by atoms with Gasteiger partial charge in [0, 0.05) is 18.4 Å². The van der Waals surface area contributed by atoms with Crippen molar-refractivity contribution in [2.24, 2.45) is 5.14 Å². The highest BCUT2D eigenvalue weighted by atomic mass is 32.2. The number of benzene rings is 2. The van der Waals surface area contributed by atoms with Crippen LogP contribution in [0.15, 0.2) is 59.1 Å². The molecule has 2 aromatic rings. The number of nitriles is 1. The van der Waals surface area contributed by atoms with Gasteiger partial charge < -0.3 is 10.6 Å². The molecule has 8 heteroatoms. The molecule has 2 aromatic carbocycles. The van der Waals surface area contributed by atoms with E-state index in [0.717, 1.165) is 28.8 Å². The normalized spacial score (nSPS) is 11.6. The molecule has 0 heterocycles. The molecular formula is C21H24N4O3S. The molecule has 0 saturated heterocycles. The average molecular weight is 413 g/mol. The van der Waals surface area contributed by atoms with E-state index in [-0.39, 0.29) is 10.5 Å². The van der Waals surface area contributed by atoms with Gasteiger partial charge in [-0.05, 0) is 48.6 Å². The minimum atomic E-state index is -3.71. The summed E-state index contributed by atoms with van der Waals surface area (Å²) in [5.41, 5.74) is 3.54. The Kier molecular flexibility index (Phi) is 7.53. The van der Waals surface area contributed by atoms with Crippen LogP contribution in [0.25, 0.3) is 0 Å². The third-order valence-electron chi connectivity index (χ3n) is 4.40. The molecule has 0 unspecified atom stereocenters. The summed E-state index contributed by atoms with van der Waals surface area (Å²) in [6.45, 7) is 4.38. The number of carbonyl (C=O) groups excluding carboxylic acids is 1. The summed E-state index contributed by atoms with van der Waals surface area (Å²) < 4.78 is 22.5. The van der Waals surface area contributed by atoms with Gasteiger partial charge in [0.25, 0.3) is 5.91 Å². The number of hydrogen-bond acceptors (Lipinski definition) is 5. The zero-order valence-corrected chi connectivity index (χ0v) is 17.2. The van der Waals surface area contributed by atoms with E-state index in [1.165, 1.54) is 18.3 Å². The lowest BCUT2D eigenvalue weighted by Crippen LogP contribution is -2.19. The summed E-state index contributed by atoms with van der Waals surface area (Å²) in [6, 6.07) is 13.9. The molecule has 7 nitrogen and oxygen atoms in total. The molecule has 4 N–H and O–H groups in total. The van der Waals surface area contributed by atoms with Gasteiger partial charge in [-0.25, -0.2) is 13.6 Å². The van der Waals surface area contributed by atoms with Gasteiger partial charge in [0.1, 0.15) is 11.6 Å². The first kappa shape index (κ1) is 22.1. The van der Waals surface area contributed by atoms with Crippen molar-refractivity contribution in [2.75, 3.05) is 11.9 Å². The lowest BCUT2D eigenvalue weighted by Gasteiger charge is -2.12. The molecule has 152 valence electrons. The number of sulfonamides is 1. The number of nitrogens with zero attached hydrogens (tertiary/aromatic N) is 1. The second-order valence-corrected chi connectivity index (χ2v) is 8.04. The maximum atomic E-state index is 12.4. The Morgan fingerprint density at radius 3 is 2.48 bits per heavy atom. The maximum absolute atomic E-state index is 12.4. The fourth-order valence-electron chi connectivity index (χ4n) is 2.77. The first-order valence-corrected chi connectivity index (χ1v) is 10.7. The molecule has 0 atom stereocenters. The third-order valence-corrected chi connectivity index (χ3v) is 5.33. The Bertz CT molecular complexity index is 1050. The highest BCUT2D eigenvalue weighted by molar-refractivity contribution is 7.89. The highest BCUT2D eigenvalue weighted by Crippen LogP contribution is 2.21. The van der Waals surface area contributed by atoms with E-state index >= 15 is 0 Å². The monoisotopic (exact) mass is 412 g/mol. The number of nitrogens with one attached hydrogen (secondary N) is 2. The van der Waals surface area contributed by atoms with Gasteiger partial charge in [-0.15, -0.1) is 0 Å². The van der Waals surface area contributed by atoms with Gasteiger partial charge >= 0.3 is 0 Å². The molecule has 0 aliphatic carbocycles. The van der Waals surface area contributed by atoms with Crippen LogP contribution < -0.4 is 15.8 Å². The van der Waals surface area contributed by atoms with Crippen LogP contribution in [0.4, 0.5) is 5.69 Å². The minimum absolute atomic E-state index is 0.0279. The van der Waals surface area contributed by atoms with E-state index in [9.17, 15) is 18.5 Å². The average Bonchev–Trinajstić information content (AvgIpc) is 2.69. The van der Waals surface area contributed by atoms with Crippen molar-refractivity contribution in [3.63, 3.8) is 0 Å². The lowest BCUT2D eigenvalue weighted by atomic mass is 10.1. The summed E-state index contributed by atoms with van der Waals surface area (Å²) in [4.78, 5) is 12.5. The topological polar surface area (TPSA) is 125 Å². The SMILES string of the molecule is CCc1cccc(C)c1NC(=O)/C(C#N)=C\NCCc1ccc(S(N)(=O)=O)cc1. The number of carbonyl (C=O) groups is 1. The Morgan fingerprint density at radius 1 is 1.21 bits per heavy atom. The van der Waals surface area contributed by atoms with Gasteiger partial charge in [-0.2, -0.15) is 5.26 Å². The first-order valence-electron chi connectivity index (χ1n) is 9.11. The number of nitrogens with two attached hydrogens (primary N) is 1. The van der Waals surface area contributed by atoms with Gasteiger partial charge in [0.2, 0.25) is 10.0 Å². The maximum Gasteiger partial charge on any atom is 0.267 e. The molecule has 0 saturated carbocycles. The van der Waals surface area contributed by atoms with Crippen molar-refractivity contribution in [3.05, 3.63) is 70.9 Å². The van der Waals surface area contributed by atoms with E-state index in [1.54, 1.807) is 12.1 Å². The highest BCUT2D eigenvalue weighted by Gasteiger charge is 2.13. The standard InChI is InChI=1S/C21H24N4O3S/c1-3-17-6-4-5-15(2)20(17)25-21(26)18(13-22)14-24-12-11-16-7-9-19(10-8-16)29(23,27)28/h4-10,14,24H,3,11-12H2,1-2H3,(H,25,26)(H2,23,27,28)/b18-14-. The number of primary sulfonamides is 1. The fourth-order valence-corrected chi connectivity index (χ4v) is 3.28. The van der Waals surface area contributed by atoms with Crippen molar-refractivity contribution in [1.82, 2.24) is 5.32 Å². The Balaban J connectivity index is 1.97. The molecule has 0 radical (unpaired) electrons. The molecule has 0 aromatic heterocycles. The van der Waals surface area contributed by atoms with Gasteiger partial charge in [-0.3, -0.25) is 4.79 Å². The predicted octanol–water partition coefficient (Wildman–Crippen LogP) is 2.38. The largest absolute Gasteiger partial charge is 0.389 e. The van der Waals surface area contributed by atoms with Crippen LogP contribution in [0.3, 0.4) is 0 Å². The number of aryl methyl sites for hydroxylation is 2. The third kappa shape index (κ3) is 6.17. The van der Waals surface area contributed by atoms with E-state index in [4.69, 9.17) is 5.14 Å². The second-order valence-electron chi connectivity index (χ2n) is 6.48. The smallest absolute Gasteiger partial charge is 0.267 e.